The number of hydrogen-bond donors (Lipinski definition) is 2. The molecule has 0 amide bonds. The quantitative estimate of drug-likeness (QED) is 0.631. The summed E-state index contributed by atoms with van der Waals surface area (Å²) in [5.41, 5.74) is 4.45. The number of amidine groups is 1. The fourth-order valence-corrected chi connectivity index (χ4v) is 5.47. The van der Waals surface area contributed by atoms with Gasteiger partial charge in [-0.3, -0.25) is 10.4 Å². The highest BCUT2D eigenvalue weighted by Crippen LogP contribution is 2.55. The number of aliphatic hydroxyl groups excluding tert-OH is 1. The first-order valence-electron chi connectivity index (χ1n) is 12.2. The molecule has 1 aromatic heterocycles. The molecule has 1 aromatic carbocycles. The number of hydrazine groups is 1. The fraction of sp³-hybridized carbons (Fsp3) is 0.480. The van der Waals surface area contributed by atoms with E-state index in [0.29, 0.717) is 34.4 Å². The van der Waals surface area contributed by atoms with Crippen LogP contribution < -0.4 is 19.6 Å². The van der Waals surface area contributed by atoms with Crippen molar-refractivity contribution in [2.75, 3.05) is 34.5 Å². The van der Waals surface area contributed by atoms with Crippen LogP contribution in [0.5, 0.6) is 17.2 Å². The first kappa shape index (κ1) is 22.7. The van der Waals surface area contributed by atoms with Crippen molar-refractivity contribution in [3.8, 4) is 22.9 Å². The average Bonchev–Trinajstić information content (AvgIpc) is 3.25. The Morgan fingerprint density at radius 2 is 1.94 bits per heavy atom. The van der Waals surface area contributed by atoms with Gasteiger partial charge in [0.2, 0.25) is 11.7 Å². The van der Waals surface area contributed by atoms with Crippen LogP contribution >= 0.6 is 0 Å². The predicted octanol–water partition coefficient (Wildman–Crippen LogP) is 2.24. The molecule has 36 heavy (non-hydrogen) atoms. The van der Waals surface area contributed by atoms with Crippen LogP contribution in [0.25, 0.3) is 5.69 Å². The number of benzene rings is 1. The van der Waals surface area contributed by atoms with E-state index >= 15 is 0 Å². The van der Waals surface area contributed by atoms with Crippen LogP contribution in [0.1, 0.15) is 25.7 Å². The van der Waals surface area contributed by atoms with E-state index in [-0.39, 0.29) is 18.7 Å². The SMILES string of the molecule is COc1cc(-n2cnc(N=C3N=C(N4CC5(CC5)C[C@H]4CO)C4CC=CN4N3)c2)cc(OC)c1OC. The van der Waals surface area contributed by atoms with Crippen LogP contribution in [0.15, 0.2) is 46.9 Å². The van der Waals surface area contributed by atoms with E-state index < -0.39 is 0 Å². The standard InChI is InChI=1S/C25H31N7O4/c1-34-19-9-16(10-20(35-2)22(19)36-3)30-12-21(26-15-30)27-24-28-23(18-5-4-8-32(18)29-24)31-14-25(6-7-25)11-17(31)13-33/h4,8-10,12,15,17-18,33H,5-7,11,13-14H2,1-3H3,(H,27,29)/t17-,18?/m0/s1. The lowest BCUT2D eigenvalue weighted by Gasteiger charge is -2.38. The van der Waals surface area contributed by atoms with Crippen molar-refractivity contribution in [1.29, 1.82) is 0 Å². The van der Waals surface area contributed by atoms with E-state index in [4.69, 9.17) is 24.2 Å². The lowest BCUT2D eigenvalue weighted by Crippen LogP contribution is -2.57. The summed E-state index contributed by atoms with van der Waals surface area (Å²) in [5.74, 6) is 3.58. The van der Waals surface area contributed by atoms with E-state index in [1.54, 1.807) is 27.7 Å². The van der Waals surface area contributed by atoms with Crippen molar-refractivity contribution in [1.82, 2.24) is 24.9 Å². The summed E-state index contributed by atoms with van der Waals surface area (Å²) < 4.78 is 18.2. The summed E-state index contributed by atoms with van der Waals surface area (Å²) in [6, 6.07) is 3.91. The Balaban J connectivity index is 1.31. The highest BCUT2D eigenvalue weighted by molar-refractivity contribution is 6.02. The van der Waals surface area contributed by atoms with Gasteiger partial charge in [0, 0.05) is 24.9 Å². The number of methoxy groups -OCH3 is 3. The van der Waals surface area contributed by atoms with E-state index in [1.807, 2.05) is 34.1 Å². The third kappa shape index (κ3) is 3.83. The van der Waals surface area contributed by atoms with Gasteiger partial charge in [-0.15, -0.1) is 0 Å². The lowest BCUT2D eigenvalue weighted by atomic mass is 10.0. The molecule has 190 valence electrons. The fourth-order valence-electron chi connectivity index (χ4n) is 5.47. The first-order chi connectivity index (χ1) is 17.6. The highest BCUT2D eigenvalue weighted by Gasteiger charge is 2.53. The Labute approximate surface area is 209 Å². The minimum atomic E-state index is 0.101. The normalized spacial score (nSPS) is 24.7. The van der Waals surface area contributed by atoms with Crippen molar-refractivity contribution in [3.63, 3.8) is 0 Å². The van der Waals surface area contributed by atoms with Crippen molar-refractivity contribution >= 4 is 17.6 Å². The second-order valence-electron chi connectivity index (χ2n) is 9.75. The number of aliphatic imine (C=N–C) groups is 2. The van der Waals surface area contributed by atoms with Crippen LogP contribution in [0.3, 0.4) is 0 Å². The maximum Gasteiger partial charge on any atom is 0.245 e. The molecule has 11 heteroatoms. The van der Waals surface area contributed by atoms with Crippen LogP contribution in [0.4, 0.5) is 5.82 Å². The van der Waals surface area contributed by atoms with Gasteiger partial charge in [0.05, 0.1) is 45.9 Å². The number of aliphatic hydroxyl groups is 1. The van der Waals surface area contributed by atoms with Crippen LogP contribution in [0, 0.1) is 5.41 Å². The molecule has 2 atom stereocenters. The second-order valence-corrected chi connectivity index (χ2v) is 9.75. The molecular weight excluding hydrogens is 462 g/mol. The molecule has 11 nitrogen and oxygen atoms in total. The number of imidazole rings is 1. The number of nitrogens with one attached hydrogen (secondary N) is 1. The maximum atomic E-state index is 10.1. The zero-order chi connectivity index (χ0) is 24.9. The monoisotopic (exact) mass is 493 g/mol. The molecule has 1 spiro atoms. The van der Waals surface area contributed by atoms with Crippen LogP contribution in [-0.2, 0) is 0 Å². The first-order valence-corrected chi connectivity index (χ1v) is 12.2. The number of ether oxygens (including phenoxy) is 3. The molecule has 1 saturated carbocycles. The number of nitrogens with zero attached hydrogens (tertiary/aromatic N) is 6. The summed E-state index contributed by atoms with van der Waals surface area (Å²) in [6.07, 6.45) is 12.0. The Morgan fingerprint density at radius 3 is 2.61 bits per heavy atom. The molecule has 1 unspecified atom stereocenters. The maximum absolute atomic E-state index is 10.1. The number of hydrogen-bond acceptors (Lipinski definition) is 8. The van der Waals surface area contributed by atoms with Crippen molar-refractivity contribution < 1.29 is 19.3 Å². The zero-order valence-corrected chi connectivity index (χ0v) is 20.7. The van der Waals surface area contributed by atoms with E-state index in [2.05, 4.69) is 21.4 Å². The van der Waals surface area contributed by atoms with Gasteiger partial charge in [0.15, 0.2) is 17.3 Å². The van der Waals surface area contributed by atoms with E-state index in [0.717, 1.165) is 30.9 Å². The zero-order valence-electron chi connectivity index (χ0n) is 20.7. The smallest absolute Gasteiger partial charge is 0.245 e. The molecule has 0 radical (unpaired) electrons. The van der Waals surface area contributed by atoms with Gasteiger partial charge in [-0.2, -0.15) is 9.98 Å². The van der Waals surface area contributed by atoms with Gasteiger partial charge in [-0.1, -0.05) is 6.08 Å². The molecular formula is C25H31N7O4. The summed E-state index contributed by atoms with van der Waals surface area (Å²) in [6.45, 7) is 1.09. The molecule has 4 heterocycles. The minimum absolute atomic E-state index is 0.101. The molecule has 6 rings (SSSR count). The minimum Gasteiger partial charge on any atom is -0.493 e. The molecule has 2 aromatic rings. The molecule has 0 bridgehead atoms. The topological polar surface area (TPSA) is 109 Å². The molecule has 3 aliphatic heterocycles. The number of rotatable bonds is 6. The summed E-state index contributed by atoms with van der Waals surface area (Å²) in [7, 11) is 4.75. The summed E-state index contributed by atoms with van der Waals surface area (Å²) >= 11 is 0. The molecule has 2 N–H and O–H groups in total. The molecule has 1 aliphatic carbocycles. The largest absolute Gasteiger partial charge is 0.493 e. The van der Waals surface area contributed by atoms with Gasteiger partial charge in [-0.05, 0) is 31.1 Å². The Hall–Kier alpha value is -3.73. The van der Waals surface area contributed by atoms with Crippen LogP contribution in [0.2, 0.25) is 0 Å². The van der Waals surface area contributed by atoms with Crippen molar-refractivity contribution in [2.45, 2.75) is 37.8 Å². The Kier molecular flexibility index (Phi) is 5.51. The van der Waals surface area contributed by atoms with Gasteiger partial charge in [0.25, 0.3) is 0 Å². The second kappa shape index (κ2) is 8.74. The number of likely N-dealkylation sites (tertiary alicyclic amines) is 1. The van der Waals surface area contributed by atoms with Crippen LogP contribution in [-0.4, -0.2) is 82.9 Å². The van der Waals surface area contributed by atoms with E-state index in [9.17, 15) is 5.11 Å². The van der Waals surface area contributed by atoms with Crippen molar-refractivity contribution in [2.24, 2.45) is 15.4 Å². The number of fused-ring (bicyclic) bond motifs is 1. The Bertz CT molecular complexity index is 1220. The third-order valence-electron chi connectivity index (χ3n) is 7.52. The lowest BCUT2D eigenvalue weighted by molar-refractivity contribution is 0.196. The van der Waals surface area contributed by atoms with Gasteiger partial charge in [0.1, 0.15) is 18.2 Å². The number of aromatic nitrogens is 2. The summed E-state index contributed by atoms with van der Waals surface area (Å²) in [4.78, 5) is 16.4. The molecule has 4 aliphatic rings. The Morgan fingerprint density at radius 1 is 1.17 bits per heavy atom. The highest BCUT2D eigenvalue weighted by atomic mass is 16.5. The van der Waals surface area contributed by atoms with Gasteiger partial charge >= 0.3 is 0 Å². The van der Waals surface area contributed by atoms with Gasteiger partial charge in [-0.25, -0.2) is 4.98 Å². The molecule has 2 fully saturated rings. The number of guanidine groups is 1. The summed E-state index contributed by atoms with van der Waals surface area (Å²) in [5, 5.41) is 12.1. The average molecular weight is 494 g/mol. The van der Waals surface area contributed by atoms with Crippen molar-refractivity contribution in [3.05, 3.63) is 36.9 Å². The third-order valence-corrected chi connectivity index (χ3v) is 7.52. The predicted molar refractivity (Wildman–Crippen MR) is 134 cm³/mol. The molecule has 1 saturated heterocycles. The van der Waals surface area contributed by atoms with Gasteiger partial charge < -0.3 is 28.8 Å². The van der Waals surface area contributed by atoms with E-state index in [1.165, 1.54) is 12.8 Å².